The molecular formula is C7H11NO2. The molecule has 0 aromatic heterocycles. The highest BCUT2D eigenvalue weighted by Gasteiger charge is 2.20. The molecule has 0 aromatic carbocycles. The number of rotatable bonds is 3. The van der Waals surface area contributed by atoms with E-state index in [1.807, 2.05) is 6.08 Å². The lowest BCUT2D eigenvalue weighted by Gasteiger charge is -2.02. The largest absolute Gasteiger partial charge is 0.447 e. The van der Waals surface area contributed by atoms with E-state index in [-0.39, 0.29) is 12.1 Å². The zero-order valence-corrected chi connectivity index (χ0v) is 5.80. The molecule has 1 amide bonds. The Morgan fingerprint density at radius 2 is 2.70 bits per heavy atom. The zero-order valence-electron chi connectivity index (χ0n) is 5.80. The van der Waals surface area contributed by atoms with E-state index in [1.165, 1.54) is 0 Å². The van der Waals surface area contributed by atoms with Crippen LogP contribution in [-0.4, -0.2) is 18.7 Å². The predicted octanol–water partition coefficient (Wildman–Crippen LogP) is 1.06. The van der Waals surface area contributed by atoms with Crippen LogP contribution in [-0.2, 0) is 4.74 Å². The number of allylic oxidation sites excluding steroid dienone is 1. The first-order valence-electron chi connectivity index (χ1n) is 3.37. The van der Waals surface area contributed by atoms with Crippen LogP contribution in [0.15, 0.2) is 12.7 Å². The van der Waals surface area contributed by atoms with Crippen LogP contribution >= 0.6 is 0 Å². The first-order chi connectivity index (χ1) is 4.83. The van der Waals surface area contributed by atoms with Crippen molar-refractivity contribution in [3.05, 3.63) is 12.7 Å². The van der Waals surface area contributed by atoms with Gasteiger partial charge in [-0.3, -0.25) is 0 Å². The fraction of sp³-hybridized carbons (Fsp3) is 0.571. The Morgan fingerprint density at radius 3 is 3.20 bits per heavy atom. The molecule has 3 heteroatoms. The number of carbonyl (C=O) groups excluding carboxylic acids is 1. The maximum atomic E-state index is 10.5. The van der Waals surface area contributed by atoms with Crippen molar-refractivity contribution in [1.29, 1.82) is 0 Å². The highest BCUT2D eigenvalue weighted by atomic mass is 16.6. The topological polar surface area (TPSA) is 38.3 Å². The molecule has 0 saturated carbocycles. The number of hydrogen-bond acceptors (Lipinski definition) is 2. The van der Waals surface area contributed by atoms with Crippen LogP contribution < -0.4 is 5.32 Å². The van der Waals surface area contributed by atoms with Gasteiger partial charge in [-0.25, -0.2) is 4.79 Å². The average Bonchev–Trinajstić information content (AvgIpc) is 2.31. The van der Waals surface area contributed by atoms with E-state index in [0.29, 0.717) is 6.61 Å². The summed E-state index contributed by atoms with van der Waals surface area (Å²) in [5.74, 6) is 0. The van der Waals surface area contributed by atoms with E-state index in [4.69, 9.17) is 0 Å². The van der Waals surface area contributed by atoms with Gasteiger partial charge in [-0.15, -0.1) is 6.58 Å². The van der Waals surface area contributed by atoms with Gasteiger partial charge in [0.15, 0.2) is 0 Å². The summed E-state index contributed by atoms with van der Waals surface area (Å²) in [5.41, 5.74) is 0. The Bertz CT molecular complexity index is 145. The second kappa shape index (κ2) is 3.25. The molecule has 0 aliphatic carbocycles. The van der Waals surface area contributed by atoms with E-state index in [1.54, 1.807) is 0 Å². The van der Waals surface area contributed by atoms with E-state index >= 15 is 0 Å². The molecule has 1 N–H and O–H groups in total. The van der Waals surface area contributed by atoms with Gasteiger partial charge in [0, 0.05) is 0 Å². The molecule has 1 atom stereocenters. The van der Waals surface area contributed by atoms with Crippen LogP contribution in [0.2, 0.25) is 0 Å². The van der Waals surface area contributed by atoms with Gasteiger partial charge in [0.1, 0.15) is 6.61 Å². The highest BCUT2D eigenvalue weighted by Crippen LogP contribution is 2.04. The molecule has 0 unspecified atom stereocenters. The number of amides is 1. The Hall–Kier alpha value is -0.990. The molecule has 1 saturated heterocycles. The summed E-state index contributed by atoms with van der Waals surface area (Å²) in [5, 5.41) is 2.68. The lowest BCUT2D eigenvalue weighted by Crippen LogP contribution is -2.25. The summed E-state index contributed by atoms with van der Waals surface area (Å²) in [6.45, 7) is 4.09. The van der Waals surface area contributed by atoms with Crippen LogP contribution in [0.5, 0.6) is 0 Å². The maximum Gasteiger partial charge on any atom is 0.407 e. The van der Waals surface area contributed by atoms with Gasteiger partial charge in [-0.2, -0.15) is 0 Å². The first-order valence-corrected chi connectivity index (χ1v) is 3.37. The van der Waals surface area contributed by atoms with Crippen LogP contribution in [0, 0.1) is 0 Å². The highest BCUT2D eigenvalue weighted by molar-refractivity contribution is 5.69. The molecule has 0 bridgehead atoms. The van der Waals surface area contributed by atoms with Crippen molar-refractivity contribution in [2.75, 3.05) is 6.61 Å². The molecule has 0 radical (unpaired) electrons. The van der Waals surface area contributed by atoms with Gasteiger partial charge in [0.2, 0.25) is 0 Å². The third-order valence-corrected chi connectivity index (χ3v) is 1.46. The Kier molecular flexibility index (Phi) is 2.31. The van der Waals surface area contributed by atoms with E-state index < -0.39 is 0 Å². The Balaban J connectivity index is 2.18. The monoisotopic (exact) mass is 141 g/mol. The predicted molar refractivity (Wildman–Crippen MR) is 37.7 cm³/mol. The minimum Gasteiger partial charge on any atom is -0.447 e. The van der Waals surface area contributed by atoms with Gasteiger partial charge in [0.25, 0.3) is 0 Å². The summed E-state index contributed by atoms with van der Waals surface area (Å²) in [6.07, 6.45) is 3.39. The molecule has 1 aliphatic rings. The van der Waals surface area contributed by atoms with Crippen LogP contribution in [0.25, 0.3) is 0 Å². The molecule has 0 spiro atoms. The molecule has 10 heavy (non-hydrogen) atoms. The molecule has 1 rings (SSSR count). The second-order valence-electron chi connectivity index (χ2n) is 2.31. The molecule has 3 nitrogen and oxygen atoms in total. The molecule has 1 heterocycles. The normalized spacial score (nSPS) is 23.6. The van der Waals surface area contributed by atoms with E-state index in [2.05, 4.69) is 16.6 Å². The number of cyclic esters (lactones) is 1. The van der Waals surface area contributed by atoms with Crippen molar-refractivity contribution >= 4 is 6.09 Å². The number of nitrogens with one attached hydrogen (secondary N) is 1. The Morgan fingerprint density at radius 1 is 1.90 bits per heavy atom. The number of alkyl carbamates (subject to hydrolysis) is 1. The lowest BCUT2D eigenvalue weighted by atomic mass is 10.2. The van der Waals surface area contributed by atoms with Crippen molar-refractivity contribution in [3.8, 4) is 0 Å². The van der Waals surface area contributed by atoms with Crippen molar-refractivity contribution in [1.82, 2.24) is 5.32 Å². The summed E-state index contributed by atoms with van der Waals surface area (Å²) in [7, 11) is 0. The van der Waals surface area contributed by atoms with Crippen molar-refractivity contribution in [3.63, 3.8) is 0 Å². The smallest absolute Gasteiger partial charge is 0.407 e. The van der Waals surface area contributed by atoms with Crippen LogP contribution in [0.3, 0.4) is 0 Å². The molecular weight excluding hydrogens is 130 g/mol. The maximum absolute atomic E-state index is 10.5. The van der Waals surface area contributed by atoms with E-state index in [0.717, 1.165) is 12.8 Å². The number of carbonyl (C=O) groups is 1. The minimum atomic E-state index is -0.297. The number of hydrogen-bond donors (Lipinski definition) is 1. The summed E-state index contributed by atoms with van der Waals surface area (Å²) < 4.78 is 4.68. The Labute approximate surface area is 60.1 Å². The zero-order chi connectivity index (χ0) is 7.40. The molecule has 0 aromatic rings. The number of ether oxygens (including phenoxy) is 1. The summed E-state index contributed by atoms with van der Waals surface area (Å²) in [6, 6.07) is 0.200. The van der Waals surface area contributed by atoms with Crippen molar-refractivity contribution in [2.24, 2.45) is 0 Å². The van der Waals surface area contributed by atoms with Crippen molar-refractivity contribution < 1.29 is 9.53 Å². The minimum absolute atomic E-state index is 0.200. The summed E-state index contributed by atoms with van der Waals surface area (Å²) >= 11 is 0. The van der Waals surface area contributed by atoms with Gasteiger partial charge < -0.3 is 10.1 Å². The first kappa shape index (κ1) is 7.12. The lowest BCUT2D eigenvalue weighted by molar-refractivity contribution is 0.176. The molecule has 56 valence electrons. The third kappa shape index (κ3) is 1.76. The summed E-state index contributed by atoms with van der Waals surface area (Å²) in [4.78, 5) is 10.5. The fourth-order valence-electron chi connectivity index (χ4n) is 0.901. The van der Waals surface area contributed by atoms with Crippen LogP contribution in [0.4, 0.5) is 4.79 Å². The van der Waals surface area contributed by atoms with Crippen molar-refractivity contribution in [2.45, 2.75) is 18.9 Å². The van der Waals surface area contributed by atoms with Gasteiger partial charge in [-0.05, 0) is 12.8 Å². The third-order valence-electron chi connectivity index (χ3n) is 1.46. The van der Waals surface area contributed by atoms with Crippen LogP contribution in [0.1, 0.15) is 12.8 Å². The van der Waals surface area contributed by atoms with Gasteiger partial charge in [-0.1, -0.05) is 6.08 Å². The van der Waals surface area contributed by atoms with E-state index in [9.17, 15) is 4.79 Å². The molecule has 1 aliphatic heterocycles. The molecule has 1 fully saturated rings. The standard InChI is InChI=1S/C7H11NO2/c1-2-3-4-6-5-10-7(9)8-6/h2,6H,1,3-5H2,(H,8,9)/t6-/m0/s1. The average molecular weight is 141 g/mol. The fourth-order valence-corrected chi connectivity index (χ4v) is 0.901. The second-order valence-corrected chi connectivity index (χ2v) is 2.31. The van der Waals surface area contributed by atoms with Gasteiger partial charge in [0.05, 0.1) is 6.04 Å². The SMILES string of the molecule is C=CCC[C@H]1COC(=O)N1. The van der Waals surface area contributed by atoms with Gasteiger partial charge >= 0.3 is 6.09 Å². The quantitative estimate of drug-likeness (QED) is 0.597.